The lowest BCUT2D eigenvalue weighted by molar-refractivity contribution is -0.137. The molecule has 0 aromatic heterocycles. The quantitative estimate of drug-likeness (QED) is 0.823. The van der Waals surface area contributed by atoms with Crippen molar-refractivity contribution in [2.45, 2.75) is 13.3 Å². The van der Waals surface area contributed by atoms with Crippen LogP contribution in [0.3, 0.4) is 0 Å². The molecule has 1 unspecified atom stereocenters. The second-order valence-corrected chi connectivity index (χ2v) is 3.83. The molecule has 1 aromatic rings. The lowest BCUT2D eigenvalue weighted by atomic mass is 9.96. The van der Waals surface area contributed by atoms with Crippen molar-refractivity contribution >= 4 is 11.8 Å². The van der Waals surface area contributed by atoms with Crippen molar-refractivity contribution in [2.75, 3.05) is 7.11 Å². The van der Waals surface area contributed by atoms with Gasteiger partial charge in [-0.25, -0.2) is 8.78 Å². The van der Waals surface area contributed by atoms with E-state index in [1.165, 1.54) is 14.0 Å². The summed E-state index contributed by atoms with van der Waals surface area (Å²) in [5.74, 6) is -4.97. The summed E-state index contributed by atoms with van der Waals surface area (Å²) in [5.41, 5.74) is -0.470. The first-order valence-corrected chi connectivity index (χ1v) is 5.15. The van der Waals surface area contributed by atoms with Gasteiger partial charge in [-0.1, -0.05) is 6.92 Å². The summed E-state index contributed by atoms with van der Waals surface area (Å²) >= 11 is 0. The average Bonchev–Trinajstić information content (AvgIpc) is 2.29. The molecule has 1 rings (SSSR count). The summed E-state index contributed by atoms with van der Waals surface area (Å²) in [6.07, 6.45) is -0.439. The first kappa shape index (κ1) is 14.1. The Hall–Kier alpha value is -1.98. The molecular weight excluding hydrogens is 246 g/mol. The van der Waals surface area contributed by atoms with Crippen LogP contribution in [0.2, 0.25) is 0 Å². The molecule has 0 fully saturated rings. The van der Waals surface area contributed by atoms with Crippen LogP contribution >= 0.6 is 0 Å². The van der Waals surface area contributed by atoms with E-state index in [4.69, 9.17) is 5.11 Å². The van der Waals surface area contributed by atoms with Gasteiger partial charge in [-0.2, -0.15) is 0 Å². The van der Waals surface area contributed by atoms with Gasteiger partial charge in [0.25, 0.3) is 0 Å². The summed E-state index contributed by atoms with van der Waals surface area (Å²) in [6.45, 7) is 1.35. The first-order chi connectivity index (χ1) is 8.36. The fourth-order valence-electron chi connectivity index (χ4n) is 1.49. The number of benzene rings is 1. The molecule has 18 heavy (non-hydrogen) atoms. The maximum absolute atomic E-state index is 13.6. The molecule has 0 saturated heterocycles. The number of carboxylic acids is 1. The maximum atomic E-state index is 13.6. The van der Waals surface area contributed by atoms with E-state index in [-0.39, 0.29) is 5.75 Å². The van der Waals surface area contributed by atoms with Gasteiger partial charge in [-0.15, -0.1) is 0 Å². The number of rotatable bonds is 5. The zero-order chi connectivity index (χ0) is 13.9. The minimum absolute atomic E-state index is 0.310. The van der Waals surface area contributed by atoms with Crippen LogP contribution in [0.25, 0.3) is 0 Å². The van der Waals surface area contributed by atoms with Crippen molar-refractivity contribution in [3.05, 3.63) is 29.3 Å². The Morgan fingerprint density at radius 3 is 2.44 bits per heavy atom. The molecule has 0 amide bonds. The Bertz CT molecular complexity index is 485. The molecule has 0 saturated carbocycles. The van der Waals surface area contributed by atoms with E-state index in [0.717, 1.165) is 12.1 Å². The molecule has 0 aliphatic rings. The second kappa shape index (κ2) is 5.57. The third-order valence-corrected chi connectivity index (χ3v) is 2.44. The van der Waals surface area contributed by atoms with Crippen LogP contribution in [-0.2, 0) is 4.79 Å². The maximum Gasteiger partial charge on any atom is 0.304 e. The van der Waals surface area contributed by atoms with E-state index < -0.39 is 41.3 Å². The summed E-state index contributed by atoms with van der Waals surface area (Å²) < 4.78 is 31.5. The van der Waals surface area contributed by atoms with Gasteiger partial charge in [-0.3, -0.25) is 9.59 Å². The number of carboxylic acid groups (broad SMARTS) is 1. The van der Waals surface area contributed by atoms with Crippen molar-refractivity contribution in [3.8, 4) is 5.75 Å². The number of carbonyl (C=O) groups excluding carboxylic acids is 1. The third-order valence-electron chi connectivity index (χ3n) is 2.44. The predicted octanol–water partition coefficient (Wildman–Crippen LogP) is 2.27. The highest BCUT2D eigenvalue weighted by Crippen LogP contribution is 2.23. The van der Waals surface area contributed by atoms with Gasteiger partial charge in [0.1, 0.15) is 5.82 Å². The van der Waals surface area contributed by atoms with Crippen LogP contribution in [0.4, 0.5) is 8.78 Å². The molecule has 0 bridgehead atoms. The van der Waals surface area contributed by atoms with Gasteiger partial charge in [0.05, 0.1) is 19.1 Å². The van der Waals surface area contributed by atoms with Crippen LogP contribution in [-0.4, -0.2) is 24.0 Å². The van der Waals surface area contributed by atoms with Gasteiger partial charge in [-0.05, 0) is 6.07 Å². The number of methoxy groups -OCH3 is 1. The van der Waals surface area contributed by atoms with E-state index in [1.54, 1.807) is 0 Å². The van der Waals surface area contributed by atoms with Crippen LogP contribution in [0.1, 0.15) is 23.7 Å². The topological polar surface area (TPSA) is 63.6 Å². The summed E-state index contributed by atoms with van der Waals surface area (Å²) in [7, 11) is 1.17. The number of halogens is 2. The fourth-order valence-corrected chi connectivity index (χ4v) is 1.49. The third kappa shape index (κ3) is 3.03. The zero-order valence-electron chi connectivity index (χ0n) is 9.87. The summed E-state index contributed by atoms with van der Waals surface area (Å²) in [4.78, 5) is 22.2. The van der Waals surface area contributed by atoms with E-state index in [1.807, 2.05) is 0 Å². The molecule has 0 aliphatic heterocycles. The van der Waals surface area contributed by atoms with E-state index in [2.05, 4.69) is 4.74 Å². The largest absolute Gasteiger partial charge is 0.494 e. The van der Waals surface area contributed by atoms with Gasteiger partial charge in [0.2, 0.25) is 0 Å². The lowest BCUT2D eigenvalue weighted by Gasteiger charge is -2.10. The van der Waals surface area contributed by atoms with E-state index >= 15 is 0 Å². The molecule has 1 aromatic carbocycles. The number of ether oxygens (including phenoxy) is 1. The van der Waals surface area contributed by atoms with Gasteiger partial charge in [0, 0.05) is 12.0 Å². The minimum atomic E-state index is -1.18. The molecule has 1 N–H and O–H groups in total. The monoisotopic (exact) mass is 258 g/mol. The van der Waals surface area contributed by atoms with Gasteiger partial charge < -0.3 is 9.84 Å². The molecule has 98 valence electrons. The molecule has 0 spiro atoms. The number of Topliss-reactive ketones (excluding diaryl/α,β-unsaturated/α-hetero) is 1. The minimum Gasteiger partial charge on any atom is -0.494 e. The van der Waals surface area contributed by atoms with Crippen molar-refractivity contribution in [3.63, 3.8) is 0 Å². The van der Waals surface area contributed by atoms with Gasteiger partial charge in [0.15, 0.2) is 17.3 Å². The molecule has 6 heteroatoms. The van der Waals surface area contributed by atoms with Crippen LogP contribution in [0.15, 0.2) is 12.1 Å². The smallest absolute Gasteiger partial charge is 0.304 e. The number of aliphatic carboxylic acids is 1. The van der Waals surface area contributed by atoms with E-state index in [9.17, 15) is 18.4 Å². The lowest BCUT2D eigenvalue weighted by Crippen LogP contribution is -2.17. The Morgan fingerprint density at radius 1 is 1.33 bits per heavy atom. The predicted molar refractivity (Wildman–Crippen MR) is 58.7 cm³/mol. The van der Waals surface area contributed by atoms with Crippen molar-refractivity contribution in [2.24, 2.45) is 5.92 Å². The highest BCUT2D eigenvalue weighted by Gasteiger charge is 2.23. The zero-order valence-corrected chi connectivity index (χ0v) is 9.87. The Labute approximate surface area is 102 Å². The number of carbonyl (C=O) groups is 2. The molecule has 1 atom stereocenters. The molecule has 0 radical (unpaired) electrons. The summed E-state index contributed by atoms with van der Waals surface area (Å²) in [5, 5.41) is 8.55. The van der Waals surface area contributed by atoms with Crippen LogP contribution < -0.4 is 4.74 Å². The van der Waals surface area contributed by atoms with Crippen molar-refractivity contribution < 1.29 is 28.2 Å². The standard InChI is InChI=1S/C12H12F2O4/c1-6(3-11(15)16)12(17)7-4-9(14)10(18-2)5-8(7)13/h4-6H,3H2,1-2H3,(H,15,16). The van der Waals surface area contributed by atoms with Crippen molar-refractivity contribution in [1.82, 2.24) is 0 Å². The van der Waals surface area contributed by atoms with Crippen LogP contribution in [0, 0.1) is 17.6 Å². The fraction of sp³-hybridized carbons (Fsp3) is 0.333. The molecule has 0 aliphatic carbocycles. The normalized spacial score (nSPS) is 12.0. The second-order valence-electron chi connectivity index (χ2n) is 3.83. The summed E-state index contributed by atoms with van der Waals surface area (Å²) in [6, 6.07) is 1.48. The molecule has 4 nitrogen and oxygen atoms in total. The molecule has 0 heterocycles. The Kier molecular flexibility index (Phi) is 4.36. The van der Waals surface area contributed by atoms with Crippen molar-refractivity contribution in [1.29, 1.82) is 0 Å². The number of hydrogen-bond donors (Lipinski definition) is 1. The molecular formula is C12H12F2O4. The highest BCUT2D eigenvalue weighted by atomic mass is 19.1. The number of hydrogen-bond acceptors (Lipinski definition) is 3. The average molecular weight is 258 g/mol. The first-order valence-electron chi connectivity index (χ1n) is 5.15. The van der Waals surface area contributed by atoms with E-state index in [0.29, 0.717) is 0 Å². The highest BCUT2D eigenvalue weighted by molar-refractivity contribution is 5.99. The SMILES string of the molecule is COc1cc(F)c(C(=O)C(C)CC(=O)O)cc1F. The number of ketones is 1. The van der Waals surface area contributed by atoms with Crippen LogP contribution in [0.5, 0.6) is 5.75 Å². The van der Waals surface area contributed by atoms with Gasteiger partial charge >= 0.3 is 5.97 Å². The Morgan fingerprint density at radius 2 is 1.94 bits per heavy atom. The Balaban J connectivity index is 3.06.